The number of nitrogens with two attached hydrogens (primary N) is 1. The molecule has 1 amide bonds. The number of carboxylic acid groups (broad SMARTS) is 1. The highest BCUT2D eigenvalue weighted by Gasteiger charge is 2.26. The molecule has 0 radical (unpaired) electrons. The van der Waals surface area contributed by atoms with Crippen LogP contribution in [0.5, 0.6) is 0 Å². The molecule has 6 heterocycles. The van der Waals surface area contributed by atoms with Gasteiger partial charge in [0, 0.05) is 88.8 Å². The number of fused-ring (bicyclic) bond motifs is 4. The van der Waals surface area contributed by atoms with Crippen molar-refractivity contribution >= 4 is 95.4 Å². The van der Waals surface area contributed by atoms with Gasteiger partial charge in [0.05, 0.1) is 41.2 Å². The van der Waals surface area contributed by atoms with Gasteiger partial charge >= 0.3 is 5.97 Å². The number of carbonyl (C=O) groups excluding carboxylic acids is 1. The summed E-state index contributed by atoms with van der Waals surface area (Å²) in [4.78, 5) is 44.1. The molecule has 6 aromatic heterocycles. The number of aromatic nitrogens is 10. The predicted octanol–water partition coefficient (Wildman–Crippen LogP) is 9.88. The molecule has 19 nitrogen and oxygen atoms in total. The number of ether oxygens (including phenoxy) is 2. The fraction of sp³-hybridized carbons (Fsp3) is 0.481. The van der Waals surface area contributed by atoms with Gasteiger partial charge in [-0.25, -0.2) is 24.7 Å². The Bertz CT molecular complexity index is 3360. The van der Waals surface area contributed by atoms with E-state index in [1.165, 1.54) is 6.20 Å². The number of amides is 1. The van der Waals surface area contributed by atoms with E-state index in [4.69, 9.17) is 53.5 Å². The van der Waals surface area contributed by atoms with E-state index < -0.39 is 22.1 Å². The first-order valence-electron chi connectivity index (χ1n) is 26.3. The molecule has 2 saturated carbocycles. The quantitative estimate of drug-likeness (QED) is 0.0474. The minimum atomic E-state index is -1.22. The molecule has 8 aromatic rings. The maximum Gasteiger partial charge on any atom is 0.339 e. The normalized spacial score (nSPS) is 18.1. The Balaban J connectivity index is 0.000000180. The molecule has 412 valence electrons. The number of aliphatic hydroxyl groups excluding tert-OH is 2. The van der Waals surface area contributed by atoms with Gasteiger partial charge in [0.25, 0.3) is 5.91 Å². The zero-order valence-electron chi connectivity index (χ0n) is 45.3. The summed E-state index contributed by atoms with van der Waals surface area (Å²) in [6, 6.07) is 13.6. The monoisotopic (exact) mass is 1130 g/mol. The molecular weight excluding hydrogens is 1060 g/mol. The van der Waals surface area contributed by atoms with E-state index in [1.807, 2.05) is 49.0 Å². The molecule has 0 aliphatic heterocycles. The maximum absolute atomic E-state index is 13.5. The van der Waals surface area contributed by atoms with Gasteiger partial charge < -0.3 is 45.0 Å². The standard InChI is InChI=1S/C27H35ClN6O3Si.C21H24ClN5O3Si.C6H13NO/c1-33-23-13-17(28)5-10-20(23)24(32-33)22-14-29-26-25(31-22)21(15-34(26)16-37-11-12-38(2,3)4)27(36)30-18-6-8-19(35)9-7-18;1-26-17-9-13(22)5-6-14(17)18(25-26)16-10-23-20-19(24-16)15(21(28)29)11-27(20)12-30-7-8-31(2,3)4;7-5-1-3-6(8)4-2-5/h5,10,13-15,18-19,35H,6-9,11-12,16H2,1-4H3,(H,30,36);5-6,9-11H,7-8,12H2,1-4H3,(H,28,29);5-6,8H,1-4,7H2. The van der Waals surface area contributed by atoms with Crippen LogP contribution in [0.3, 0.4) is 0 Å². The molecule has 0 saturated heterocycles. The van der Waals surface area contributed by atoms with E-state index in [0.717, 1.165) is 72.4 Å². The number of aliphatic hydroxyl groups is 2. The zero-order valence-corrected chi connectivity index (χ0v) is 48.8. The van der Waals surface area contributed by atoms with Crippen molar-refractivity contribution in [3.8, 4) is 22.8 Å². The fourth-order valence-electron chi connectivity index (χ4n) is 9.36. The van der Waals surface area contributed by atoms with Crippen molar-refractivity contribution in [1.82, 2.24) is 53.9 Å². The van der Waals surface area contributed by atoms with Crippen molar-refractivity contribution in [3.05, 3.63) is 82.4 Å². The molecule has 77 heavy (non-hydrogen) atoms. The number of aromatic carboxylic acids is 1. The SMILES string of the molecule is Cn1nc(-c2cnc3c(n2)c(C(=O)NC2CCC(O)CC2)cn3COCC[Si](C)(C)C)c2ccc(Cl)cc21.Cn1nc(-c2cnc3c(n2)c(C(=O)O)cn3COCC[Si](C)(C)C)c2ccc(Cl)cc21.NC1CCC(O)CC1. The van der Waals surface area contributed by atoms with E-state index in [9.17, 15) is 19.8 Å². The largest absolute Gasteiger partial charge is 0.478 e. The van der Waals surface area contributed by atoms with E-state index in [-0.39, 0.29) is 36.5 Å². The molecule has 0 unspecified atom stereocenters. The van der Waals surface area contributed by atoms with Crippen molar-refractivity contribution in [3.63, 3.8) is 0 Å². The molecule has 10 rings (SSSR count). The summed E-state index contributed by atoms with van der Waals surface area (Å²) in [5.41, 5.74) is 12.1. The Labute approximate surface area is 460 Å². The predicted molar refractivity (Wildman–Crippen MR) is 308 cm³/mol. The number of nitrogens with one attached hydrogen (secondary N) is 1. The average Bonchev–Trinajstić information content (AvgIpc) is 4.13. The van der Waals surface area contributed by atoms with E-state index >= 15 is 0 Å². The van der Waals surface area contributed by atoms with Gasteiger partial charge in [-0.1, -0.05) is 62.5 Å². The molecular formula is C54H72Cl2N12O7Si2. The lowest BCUT2D eigenvalue weighted by Crippen LogP contribution is -2.38. The lowest BCUT2D eigenvalue weighted by atomic mass is 9.93. The Hall–Kier alpha value is -5.63. The van der Waals surface area contributed by atoms with Crippen LogP contribution in [-0.4, -0.2) is 129 Å². The molecule has 6 N–H and O–H groups in total. The number of benzene rings is 2. The third kappa shape index (κ3) is 14.5. The summed E-state index contributed by atoms with van der Waals surface area (Å²) in [6.07, 6.45) is 13.0. The number of hydrogen-bond donors (Lipinski definition) is 5. The third-order valence-corrected chi connectivity index (χ3v) is 17.8. The molecule has 2 fully saturated rings. The van der Waals surface area contributed by atoms with Crippen LogP contribution in [0, 0.1) is 0 Å². The summed E-state index contributed by atoms with van der Waals surface area (Å²) in [7, 11) is 1.26. The van der Waals surface area contributed by atoms with Crippen LogP contribution in [0.1, 0.15) is 72.1 Å². The van der Waals surface area contributed by atoms with E-state index in [2.05, 4.69) is 64.8 Å². The first kappa shape index (κ1) is 57.5. The summed E-state index contributed by atoms with van der Waals surface area (Å²) < 4.78 is 18.8. The van der Waals surface area contributed by atoms with Crippen molar-refractivity contribution in [2.75, 3.05) is 13.2 Å². The highest BCUT2D eigenvalue weighted by Crippen LogP contribution is 2.32. The number of hydrogen-bond acceptors (Lipinski definition) is 13. The Morgan fingerprint density at radius 2 is 1.10 bits per heavy atom. The van der Waals surface area contributed by atoms with Crippen LogP contribution in [-0.2, 0) is 37.0 Å². The van der Waals surface area contributed by atoms with Crippen molar-refractivity contribution < 1.29 is 34.4 Å². The van der Waals surface area contributed by atoms with Gasteiger partial charge in [0.2, 0.25) is 0 Å². The van der Waals surface area contributed by atoms with E-state index in [0.29, 0.717) is 99.5 Å². The van der Waals surface area contributed by atoms with Gasteiger partial charge in [-0.2, -0.15) is 10.2 Å². The van der Waals surface area contributed by atoms with Crippen molar-refractivity contribution in [2.45, 2.75) is 140 Å². The number of carboxylic acids is 1. The first-order chi connectivity index (χ1) is 36.5. The second-order valence-electron chi connectivity index (χ2n) is 22.7. The van der Waals surface area contributed by atoms with Gasteiger partial charge in [-0.05, 0) is 99.9 Å². The highest BCUT2D eigenvalue weighted by molar-refractivity contribution is 6.76. The zero-order chi connectivity index (χ0) is 55.3. The van der Waals surface area contributed by atoms with Crippen molar-refractivity contribution in [1.29, 1.82) is 0 Å². The Morgan fingerprint density at radius 3 is 1.53 bits per heavy atom. The molecule has 0 atom stereocenters. The van der Waals surface area contributed by atoms with Crippen LogP contribution in [0.15, 0.2) is 61.2 Å². The minimum Gasteiger partial charge on any atom is -0.478 e. The number of carbonyl (C=O) groups is 2. The second kappa shape index (κ2) is 24.6. The Kier molecular flexibility index (Phi) is 18.4. The van der Waals surface area contributed by atoms with Crippen LogP contribution >= 0.6 is 23.2 Å². The second-order valence-corrected chi connectivity index (χ2v) is 34.8. The molecule has 23 heteroatoms. The number of aryl methyl sites for hydroxylation is 2. The molecule has 0 bridgehead atoms. The van der Waals surface area contributed by atoms with Crippen LogP contribution < -0.4 is 11.1 Å². The van der Waals surface area contributed by atoms with Crippen LogP contribution in [0.25, 0.3) is 66.9 Å². The highest BCUT2D eigenvalue weighted by atomic mass is 35.5. The number of halogens is 2. The Morgan fingerprint density at radius 1 is 0.675 bits per heavy atom. The summed E-state index contributed by atoms with van der Waals surface area (Å²) in [5.74, 6) is -1.25. The minimum absolute atomic E-state index is 0.0259. The molecule has 0 spiro atoms. The number of nitrogens with zero attached hydrogens (tertiary/aromatic N) is 10. The van der Waals surface area contributed by atoms with Gasteiger partial charge in [0.1, 0.15) is 52.8 Å². The smallest absolute Gasteiger partial charge is 0.339 e. The van der Waals surface area contributed by atoms with Crippen molar-refractivity contribution in [2.24, 2.45) is 19.8 Å². The molecule has 2 aliphatic rings. The van der Waals surface area contributed by atoms with Crippen LogP contribution in [0.4, 0.5) is 0 Å². The lowest BCUT2D eigenvalue weighted by Gasteiger charge is -2.26. The van der Waals surface area contributed by atoms with Crippen LogP contribution in [0.2, 0.25) is 61.4 Å². The van der Waals surface area contributed by atoms with Gasteiger partial charge in [0.15, 0.2) is 11.3 Å². The van der Waals surface area contributed by atoms with Gasteiger partial charge in [-0.3, -0.25) is 14.2 Å². The first-order valence-corrected chi connectivity index (χ1v) is 34.5. The fourth-order valence-corrected chi connectivity index (χ4v) is 11.2. The third-order valence-electron chi connectivity index (χ3n) is 13.9. The van der Waals surface area contributed by atoms with Gasteiger partial charge in [-0.15, -0.1) is 0 Å². The topological polar surface area (TPSA) is 248 Å². The number of rotatable bonds is 15. The average molecular weight is 1130 g/mol. The molecule has 2 aromatic carbocycles. The van der Waals surface area contributed by atoms with E-state index in [1.54, 1.807) is 38.6 Å². The lowest BCUT2D eigenvalue weighted by molar-refractivity contribution is 0.0695. The summed E-state index contributed by atoms with van der Waals surface area (Å²) in [6.45, 7) is 15.6. The summed E-state index contributed by atoms with van der Waals surface area (Å²) in [5, 5.41) is 43.9. The maximum atomic E-state index is 13.5. The summed E-state index contributed by atoms with van der Waals surface area (Å²) >= 11 is 12.3. The molecule has 2 aliphatic carbocycles.